The molecule has 133 heavy (non-hydrogen) atoms. The van der Waals surface area contributed by atoms with Crippen molar-refractivity contribution in [2.24, 2.45) is 5.92 Å². The number of aromatic nitrogens is 5. The minimum Gasteiger partial charge on any atom is -0.383 e. The average Bonchev–Trinajstić information content (AvgIpc) is 1.56. The van der Waals surface area contributed by atoms with Crippen LogP contribution >= 0.6 is 0 Å². The summed E-state index contributed by atoms with van der Waals surface area (Å²) in [6.45, 7) is 65.1. The number of carbonyl (C=O) groups is 4. The van der Waals surface area contributed by atoms with Gasteiger partial charge in [-0.15, -0.1) is 0 Å². The third-order valence-electron chi connectivity index (χ3n) is 22.6. The molecular formula is C118H157N9O6. The molecule has 4 heterocycles. The van der Waals surface area contributed by atoms with Crippen molar-refractivity contribution in [3.63, 3.8) is 0 Å². The number of hydrogen-bond donors (Lipinski definition) is 4. The molecule has 0 radical (unpaired) electrons. The third kappa shape index (κ3) is 36.9. The fraction of sp³-hybridized carbons (Fsp3) is 0.407. The van der Waals surface area contributed by atoms with Crippen molar-refractivity contribution in [1.29, 1.82) is 0 Å². The summed E-state index contributed by atoms with van der Waals surface area (Å²) >= 11 is 0. The lowest BCUT2D eigenvalue weighted by molar-refractivity contribution is 0.0826. The van der Waals surface area contributed by atoms with Crippen LogP contribution in [0.25, 0.3) is 44.5 Å². The molecule has 0 aliphatic heterocycles. The maximum absolute atomic E-state index is 11.9. The summed E-state index contributed by atoms with van der Waals surface area (Å²) < 4.78 is 6.92. The van der Waals surface area contributed by atoms with Crippen molar-refractivity contribution in [2.45, 2.75) is 270 Å². The molecule has 0 atom stereocenters. The first-order valence-corrected chi connectivity index (χ1v) is 46.8. The number of hydrogen-bond acceptors (Lipinski definition) is 9. The molecule has 12 aromatic rings. The number of nitrogens with zero attached hydrogens (tertiary/aromatic N) is 5. The van der Waals surface area contributed by atoms with Crippen LogP contribution in [0.4, 0.5) is 0 Å². The third-order valence-corrected chi connectivity index (χ3v) is 22.6. The number of benzene rings is 8. The summed E-state index contributed by atoms with van der Waals surface area (Å²) in [5.74, 6) is 0.662. The molecule has 0 saturated heterocycles. The van der Waals surface area contributed by atoms with Crippen molar-refractivity contribution in [3.8, 4) is 44.5 Å². The first-order chi connectivity index (χ1) is 61.9. The van der Waals surface area contributed by atoms with E-state index in [9.17, 15) is 24.0 Å². The van der Waals surface area contributed by atoms with Crippen LogP contribution in [0, 0.1) is 26.7 Å². The number of methoxy groups -OCH3 is 1. The largest absolute Gasteiger partial charge is 0.383 e. The molecule has 0 unspecified atom stereocenters. The van der Waals surface area contributed by atoms with Gasteiger partial charge in [-0.2, -0.15) is 5.10 Å². The molecule has 8 aromatic carbocycles. The maximum Gasteiger partial charge on any atom is 0.253 e. The zero-order chi connectivity index (χ0) is 99.4. The van der Waals surface area contributed by atoms with E-state index < -0.39 is 0 Å². The predicted octanol–water partition coefficient (Wildman–Crippen LogP) is 27.1. The lowest BCUT2D eigenvalue weighted by Crippen LogP contribution is -2.27. The van der Waals surface area contributed by atoms with Crippen molar-refractivity contribution >= 4 is 23.6 Å². The highest BCUT2D eigenvalue weighted by molar-refractivity contribution is 5.96. The Bertz CT molecular complexity index is 5710. The van der Waals surface area contributed by atoms with Gasteiger partial charge in [0.2, 0.25) is 5.56 Å². The molecule has 0 spiro atoms. The highest BCUT2D eigenvalue weighted by atomic mass is 16.5. The number of aryl methyl sites for hydroxylation is 3. The Hall–Kier alpha value is -11.9. The second-order valence-corrected chi connectivity index (χ2v) is 43.5. The number of amides is 4. The van der Waals surface area contributed by atoms with E-state index in [0.717, 1.165) is 64.2 Å². The lowest BCUT2D eigenvalue weighted by Gasteiger charge is -2.20. The molecular weight excluding hydrogens is 1640 g/mol. The van der Waals surface area contributed by atoms with Gasteiger partial charge in [0, 0.05) is 129 Å². The van der Waals surface area contributed by atoms with Crippen LogP contribution < -0.4 is 21.5 Å². The fourth-order valence-electron chi connectivity index (χ4n) is 13.7. The molecule has 1 aliphatic rings. The molecule has 4 aromatic heterocycles. The predicted molar refractivity (Wildman–Crippen MR) is 560 cm³/mol. The van der Waals surface area contributed by atoms with Crippen molar-refractivity contribution < 1.29 is 23.9 Å². The average molecular weight is 1800 g/mol. The molecule has 1 saturated carbocycles. The van der Waals surface area contributed by atoms with Gasteiger partial charge in [-0.1, -0.05) is 332 Å². The minimum absolute atomic E-state index is 0.0314. The van der Waals surface area contributed by atoms with Gasteiger partial charge in [-0.05, 0) is 227 Å². The van der Waals surface area contributed by atoms with Gasteiger partial charge in [0.25, 0.3) is 23.6 Å². The van der Waals surface area contributed by atoms with E-state index in [1.54, 1.807) is 45.4 Å². The highest BCUT2D eigenvalue weighted by Gasteiger charge is 2.26. The molecule has 1 fully saturated rings. The number of ether oxygens (including phenoxy) is 1. The second-order valence-electron chi connectivity index (χ2n) is 43.5. The van der Waals surface area contributed by atoms with Crippen LogP contribution in [0.1, 0.15) is 296 Å². The summed E-state index contributed by atoms with van der Waals surface area (Å²) in [4.78, 5) is 70.8. The van der Waals surface area contributed by atoms with Gasteiger partial charge < -0.3 is 30.6 Å². The molecule has 4 N–H and O–H groups in total. The van der Waals surface area contributed by atoms with Crippen LogP contribution in [-0.4, -0.2) is 101 Å². The van der Waals surface area contributed by atoms with Crippen LogP contribution in [0.3, 0.4) is 0 Å². The van der Waals surface area contributed by atoms with E-state index in [-0.39, 0.29) is 72.5 Å². The number of pyridine rings is 3. The molecule has 4 amide bonds. The number of nitrogens with one attached hydrogen (secondary N) is 4. The Morgan fingerprint density at radius 3 is 1.17 bits per heavy atom. The van der Waals surface area contributed by atoms with Gasteiger partial charge in [-0.25, -0.2) is 0 Å². The lowest BCUT2D eigenvalue weighted by atomic mass is 9.86. The Morgan fingerprint density at radius 2 is 0.812 bits per heavy atom. The van der Waals surface area contributed by atoms with Gasteiger partial charge in [0.05, 0.1) is 12.8 Å². The van der Waals surface area contributed by atoms with E-state index in [1.165, 1.54) is 77.9 Å². The van der Waals surface area contributed by atoms with Gasteiger partial charge in [0.1, 0.15) is 0 Å². The molecule has 13 rings (SSSR count). The summed E-state index contributed by atoms with van der Waals surface area (Å²) in [7, 11) is 6.80. The van der Waals surface area contributed by atoms with E-state index >= 15 is 0 Å². The van der Waals surface area contributed by atoms with Crippen LogP contribution in [0.2, 0.25) is 0 Å². The van der Waals surface area contributed by atoms with E-state index in [0.29, 0.717) is 30.7 Å². The first kappa shape index (κ1) is 110. The quantitative estimate of drug-likeness (QED) is 0.0767. The summed E-state index contributed by atoms with van der Waals surface area (Å²) in [5, 5.41) is 12.9. The molecule has 15 heteroatoms. The van der Waals surface area contributed by atoms with Crippen LogP contribution in [0.5, 0.6) is 0 Å². The number of rotatable bonds is 14. The van der Waals surface area contributed by atoms with Crippen molar-refractivity contribution in [3.05, 3.63) is 350 Å². The molecule has 0 bridgehead atoms. The zero-order valence-electron chi connectivity index (χ0n) is 86.6. The SMILES string of the molecule is CC(C)(C)c1ccc(-c2ccc(=O)[nH]c2)cc1.CC(C)(C)c1cccc(C(=O)NC2CC2)c1.CC(C)Cn1cc(-c2ccc(C(C)(C)C)cc2)cn1.CN(C)C(=O)c1cccc(C(C)(C)C)c1.CNC(=O)c1cccc(C(C)(C)C)c1.COCCNC(=O)c1cccc(C(C)(C)C)c1.Cc1ccc(-c2ccc(C(C)(C)C)cc2)c(C)n1.Cc1ccncc1-c1ccc(C(C)(C)C)cc1. The Balaban J connectivity index is 0.000000234. The smallest absolute Gasteiger partial charge is 0.253 e. The monoisotopic (exact) mass is 1800 g/mol. The van der Waals surface area contributed by atoms with Crippen molar-refractivity contribution in [2.75, 3.05) is 41.4 Å². The highest BCUT2D eigenvalue weighted by Crippen LogP contribution is 2.34. The molecule has 1 aliphatic carbocycles. The van der Waals surface area contributed by atoms with Gasteiger partial charge in [0.15, 0.2) is 0 Å². The van der Waals surface area contributed by atoms with Crippen LogP contribution in [-0.2, 0) is 54.6 Å². The summed E-state index contributed by atoms with van der Waals surface area (Å²) in [5.41, 5.74) is 27.1. The number of aromatic amines is 1. The van der Waals surface area contributed by atoms with Crippen LogP contribution in [0.15, 0.2) is 260 Å². The fourth-order valence-corrected chi connectivity index (χ4v) is 13.7. The summed E-state index contributed by atoms with van der Waals surface area (Å²) in [6, 6.07) is 76.2. The topological polar surface area (TPSA) is 193 Å². The van der Waals surface area contributed by atoms with Crippen molar-refractivity contribution in [1.82, 2.24) is 45.6 Å². The first-order valence-electron chi connectivity index (χ1n) is 46.8. The second kappa shape index (κ2) is 48.6. The summed E-state index contributed by atoms with van der Waals surface area (Å²) in [6.07, 6.45) is 11.9. The van der Waals surface area contributed by atoms with E-state index in [1.807, 2.05) is 127 Å². The van der Waals surface area contributed by atoms with E-state index in [2.05, 4.69) is 357 Å². The number of H-pyrrole nitrogens is 1. The molecule has 15 nitrogen and oxygen atoms in total. The maximum atomic E-state index is 11.9. The Labute approximate surface area is 799 Å². The minimum atomic E-state index is -0.0694. The standard InChI is InChI=1S/C17H24N2.C17H21N.C16H19N.C15H17NO.C14H21NO2.C14H19NO.C13H19NO.C12H17NO/c1-13(2)11-19-12-15(10-18-19)14-6-8-16(9-7-14)17(3,4)5;1-12-6-11-16(13(2)18-12)14-7-9-15(10-8-14)17(3,4)5;1-12-9-10-17-11-15(12)13-5-7-14(8-6-13)16(2,3)4;1-15(2,3)13-7-4-11(5-8-13)12-6-9-14(17)16-10-12;1-14(2,3)12-7-5-6-11(10-12)13(16)15-8-9-17-4;1-14(2,3)11-6-4-5-10(9-11)13(16)15-12-7-8-12;1-13(2,3)11-8-6-7-10(9-11)12(15)14(4)5;1-12(2,3)10-7-5-6-9(8-10)11(14)13-4/h6-10,12-13H,11H2,1-5H3;6-11H,1-5H3;5-11H,1-4H3;4-10H,1-3H3,(H,16,17);5-7,10H,8-9H2,1-4H3,(H,15,16);4-6,9,12H,7-8H2,1-3H3,(H,15,16);6-9H,1-5H3;5-8H,1-4H3,(H,13,14). The van der Waals surface area contributed by atoms with Gasteiger partial charge in [-0.3, -0.25) is 38.6 Å². The zero-order valence-corrected chi connectivity index (χ0v) is 86.6. The number of carbonyl (C=O) groups excluding carboxylic acids is 4. The molecule has 710 valence electrons. The van der Waals surface area contributed by atoms with Gasteiger partial charge >= 0.3 is 0 Å². The Morgan fingerprint density at radius 1 is 0.436 bits per heavy atom. The normalized spacial score (nSPS) is 12.0. The Kier molecular flexibility index (Phi) is 40.2. The van der Waals surface area contributed by atoms with E-state index in [4.69, 9.17) is 4.74 Å².